The predicted molar refractivity (Wildman–Crippen MR) is 46.1 cm³/mol. The summed E-state index contributed by atoms with van der Waals surface area (Å²) in [5.41, 5.74) is 0.883. The van der Waals surface area contributed by atoms with Crippen LogP contribution in [0.2, 0.25) is 0 Å². The van der Waals surface area contributed by atoms with Crippen molar-refractivity contribution in [3.63, 3.8) is 0 Å². The van der Waals surface area contributed by atoms with Crippen molar-refractivity contribution in [2.45, 2.75) is 20.8 Å². The van der Waals surface area contributed by atoms with E-state index in [0.29, 0.717) is 0 Å². The lowest BCUT2D eigenvalue weighted by Crippen LogP contribution is -1.83. The summed E-state index contributed by atoms with van der Waals surface area (Å²) in [7, 11) is 0. The molecule has 0 saturated carbocycles. The van der Waals surface area contributed by atoms with Gasteiger partial charge in [-0.25, -0.2) is 0 Å². The van der Waals surface area contributed by atoms with Crippen LogP contribution in [0.25, 0.3) is 0 Å². The fourth-order valence-electron chi connectivity index (χ4n) is 0.510. The Morgan fingerprint density at radius 3 is 2.44 bits per heavy atom. The standard InChI is InChI=1S/C7H13NS/c1-5-9-7(4)8-6(2)3/h2,5H2,1,3-4H3. The second kappa shape index (κ2) is 4.62. The zero-order valence-corrected chi connectivity index (χ0v) is 7.09. The highest BCUT2D eigenvalue weighted by Gasteiger charge is 1.86. The van der Waals surface area contributed by atoms with E-state index >= 15 is 0 Å². The molecule has 0 rings (SSSR count). The van der Waals surface area contributed by atoms with Crippen molar-refractivity contribution in [1.29, 1.82) is 0 Å². The maximum absolute atomic E-state index is 4.15. The van der Waals surface area contributed by atoms with Crippen molar-refractivity contribution in [2.75, 3.05) is 5.75 Å². The summed E-state index contributed by atoms with van der Waals surface area (Å²) < 4.78 is 0. The molecule has 9 heavy (non-hydrogen) atoms. The van der Waals surface area contributed by atoms with E-state index in [9.17, 15) is 0 Å². The molecule has 0 aliphatic rings. The van der Waals surface area contributed by atoms with E-state index in [4.69, 9.17) is 0 Å². The maximum Gasteiger partial charge on any atom is 0.0703 e. The van der Waals surface area contributed by atoms with E-state index in [1.807, 2.05) is 13.8 Å². The Morgan fingerprint density at radius 2 is 2.11 bits per heavy atom. The molecule has 0 aromatic rings. The first-order valence-electron chi connectivity index (χ1n) is 3.00. The Kier molecular flexibility index (Phi) is 4.50. The van der Waals surface area contributed by atoms with Gasteiger partial charge in [0.05, 0.1) is 5.04 Å². The molecular weight excluding hydrogens is 130 g/mol. The molecule has 1 nitrogen and oxygen atoms in total. The average molecular weight is 143 g/mol. The first-order valence-corrected chi connectivity index (χ1v) is 3.99. The van der Waals surface area contributed by atoms with Gasteiger partial charge in [0.1, 0.15) is 0 Å². The van der Waals surface area contributed by atoms with Crippen LogP contribution in [0.5, 0.6) is 0 Å². The largest absolute Gasteiger partial charge is 0.252 e. The number of thioether (sulfide) groups is 1. The van der Waals surface area contributed by atoms with Crippen molar-refractivity contribution < 1.29 is 0 Å². The highest BCUT2D eigenvalue weighted by molar-refractivity contribution is 8.13. The van der Waals surface area contributed by atoms with Crippen LogP contribution in [0, 0.1) is 0 Å². The van der Waals surface area contributed by atoms with Gasteiger partial charge in [0.2, 0.25) is 0 Å². The number of allylic oxidation sites excluding steroid dienone is 1. The molecule has 0 atom stereocenters. The summed E-state index contributed by atoms with van der Waals surface area (Å²) in [5.74, 6) is 1.09. The van der Waals surface area contributed by atoms with Gasteiger partial charge in [-0.3, -0.25) is 4.99 Å². The Bertz CT molecular complexity index is 127. The molecule has 0 amide bonds. The summed E-state index contributed by atoms with van der Waals surface area (Å²) in [6.07, 6.45) is 0. The molecule has 0 aliphatic heterocycles. The number of nitrogens with zero attached hydrogens (tertiary/aromatic N) is 1. The first kappa shape index (κ1) is 8.76. The summed E-state index contributed by atoms with van der Waals surface area (Å²) in [4.78, 5) is 4.15. The third-order valence-corrected chi connectivity index (χ3v) is 1.50. The second-order valence-electron chi connectivity index (χ2n) is 1.80. The molecule has 0 aromatic carbocycles. The molecule has 2 heteroatoms. The van der Waals surface area contributed by atoms with Gasteiger partial charge in [-0.1, -0.05) is 13.5 Å². The van der Waals surface area contributed by atoms with Crippen molar-refractivity contribution in [1.82, 2.24) is 0 Å². The molecule has 0 heterocycles. The molecule has 0 spiro atoms. The van der Waals surface area contributed by atoms with Gasteiger partial charge in [0, 0.05) is 5.70 Å². The highest BCUT2D eigenvalue weighted by Crippen LogP contribution is 2.04. The van der Waals surface area contributed by atoms with Crippen LogP contribution in [0.1, 0.15) is 20.8 Å². The lowest BCUT2D eigenvalue weighted by atomic mass is 10.6. The van der Waals surface area contributed by atoms with E-state index in [-0.39, 0.29) is 0 Å². The first-order chi connectivity index (χ1) is 4.16. The summed E-state index contributed by atoms with van der Waals surface area (Å²) >= 11 is 1.75. The zero-order valence-electron chi connectivity index (χ0n) is 6.27. The van der Waals surface area contributed by atoms with E-state index < -0.39 is 0 Å². The average Bonchev–Trinajstić information content (AvgIpc) is 1.63. The number of hydrogen-bond donors (Lipinski definition) is 0. The lowest BCUT2D eigenvalue weighted by Gasteiger charge is -1.94. The minimum Gasteiger partial charge on any atom is -0.252 e. The van der Waals surface area contributed by atoms with Gasteiger partial charge in [0.25, 0.3) is 0 Å². The molecule has 0 bridgehead atoms. The molecule has 0 saturated heterocycles. The van der Waals surface area contributed by atoms with Gasteiger partial charge in [0.15, 0.2) is 0 Å². The number of aliphatic imine (C=N–C) groups is 1. The predicted octanol–water partition coefficient (Wildman–Crippen LogP) is 2.69. The summed E-state index contributed by atoms with van der Waals surface area (Å²) in [6, 6.07) is 0. The maximum atomic E-state index is 4.15. The molecule has 0 aliphatic carbocycles. The highest BCUT2D eigenvalue weighted by atomic mass is 32.2. The van der Waals surface area contributed by atoms with E-state index in [0.717, 1.165) is 16.5 Å². The fourth-order valence-corrected chi connectivity index (χ4v) is 1.15. The van der Waals surface area contributed by atoms with Crippen LogP contribution >= 0.6 is 11.8 Å². The van der Waals surface area contributed by atoms with Crippen molar-refractivity contribution in [2.24, 2.45) is 4.99 Å². The van der Waals surface area contributed by atoms with Gasteiger partial charge in [-0.2, -0.15) is 0 Å². The molecule has 52 valence electrons. The molecule has 0 aromatic heterocycles. The Labute approximate surface area is 61.3 Å². The second-order valence-corrected chi connectivity index (χ2v) is 3.26. The summed E-state index contributed by atoms with van der Waals surface area (Å²) in [5, 5.41) is 1.10. The molecular formula is C7H13NS. The molecule has 0 N–H and O–H groups in total. The fraction of sp³-hybridized carbons (Fsp3) is 0.571. The third kappa shape index (κ3) is 5.63. The Balaban J connectivity index is 3.69. The van der Waals surface area contributed by atoms with E-state index in [1.165, 1.54) is 0 Å². The van der Waals surface area contributed by atoms with Gasteiger partial charge in [-0.05, 0) is 19.6 Å². The van der Waals surface area contributed by atoms with Crippen molar-refractivity contribution in [3.05, 3.63) is 12.3 Å². The van der Waals surface area contributed by atoms with E-state index in [1.54, 1.807) is 11.8 Å². The van der Waals surface area contributed by atoms with Crippen LogP contribution in [-0.2, 0) is 0 Å². The van der Waals surface area contributed by atoms with Gasteiger partial charge < -0.3 is 0 Å². The Hall–Kier alpha value is -0.240. The lowest BCUT2D eigenvalue weighted by molar-refractivity contribution is 1.33. The normalized spacial score (nSPS) is 11.7. The summed E-state index contributed by atoms with van der Waals surface area (Å²) in [6.45, 7) is 9.70. The van der Waals surface area contributed by atoms with Crippen LogP contribution in [0.3, 0.4) is 0 Å². The van der Waals surface area contributed by atoms with E-state index in [2.05, 4.69) is 18.5 Å². The van der Waals surface area contributed by atoms with Crippen LogP contribution in [-0.4, -0.2) is 10.8 Å². The molecule has 0 fully saturated rings. The minimum atomic E-state index is 0.883. The zero-order chi connectivity index (χ0) is 7.28. The van der Waals surface area contributed by atoms with Crippen molar-refractivity contribution in [3.8, 4) is 0 Å². The van der Waals surface area contributed by atoms with Gasteiger partial charge >= 0.3 is 0 Å². The quantitative estimate of drug-likeness (QED) is 0.427. The van der Waals surface area contributed by atoms with Crippen LogP contribution < -0.4 is 0 Å². The monoisotopic (exact) mass is 143 g/mol. The van der Waals surface area contributed by atoms with Gasteiger partial charge in [-0.15, -0.1) is 11.8 Å². The van der Waals surface area contributed by atoms with Crippen molar-refractivity contribution >= 4 is 16.8 Å². The topological polar surface area (TPSA) is 12.4 Å². The van der Waals surface area contributed by atoms with Crippen LogP contribution in [0.4, 0.5) is 0 Å². The number of hydrogen-bond acceptors (Lipinski definition) is 2. The smallest absolute Gasteiger partial charge is 0.0703 e. The minimum absolute atomic E-state index is 0.883. The molecule has 0 unspecified atom stereocenters. The van der Waals surface area contributed by atoms with Crippen LogP contribution in [0.15, 0.2) is 17.3 Å². The third-order valence-electron chi connectivity index (χ3n) is 0.702. The Morgan fingerprint density at radius 1 is 1.56 bits per heavy atom. The SMILES string of the molecule is C=C(C)N=C(C)SCC. The number of rotatable bonds is 2. The molecule has 0 radical (unpaired) electrons.